The van der Waals surface area contributed by atoms with Gasteiger partial charge in [0.2, 0.25) is 10.0 Å². The monoisotopic (exact) mass is 398 g/mol. The van der Waals surface area contributed by atoms with E-state index in [1.807, 2.05) is 17.5 Å². The number of methoxy groups -OCH3 is 2. The van der Waals surface area contributed by atoms with E-state index >= 15 is 0 Å². The maximum Gasteiger partial charge on any atom is 0.251 e. The minimum Gasteiger partial charge on any atom is -0.495 e. The molecule has 1 heterocycles. The molecule has 142 valence electrons. The zero-order valence-electron chi connectivity index (χ0n) is 14.7. The van der Waals surface area contributed by atoms with Crippen LogP contribution >= 0.6 is 11.3 Å². The Kier molecular flexibility index (Phi) is 7.58. The highest BCUT2D eigenvalue weighted by Crippen LogP contribution is 2.24. The highest BCUT2D eigenvalue weighted by molar-refractivity contribution is 7.89. The van der Waals surface area contributed by atoms with Gasteiger partial charge in [0.1, 0.15) is 10.6 Å². The van der Waals surface area contributed by atoms with Gasteiger partial charge in [-0.2, -0.15) is 0 Å². The molecule has 7 nitrogen and oxygen atoms in total. The molecule has 1 aromatic heterocycles. The van der Waals surface area contributed by atoms with Crippen molar-refractivity contribution >= 4 is 27.3 Å². The van der Waals surface area contributed by atoms with Crippen LogP contribution < -0.4 is 14.8 Å². The Morgan fingerprint density at radius 2 is 2.00 bits per heavy atom. The third-order valence-electron chi connectivity index (χ3n) is 3.55. The van der Waals surface area contributed by atoms with Crippen LogP contribution in [0.25, 0.3) is 0 Å². The number of carbonyl (C=O) groups is 1. The van der Waals surface area contributed by atoms with Crippen LogP contribution in [0.15, 0.2) is 40.6 Å². The number of nitrogens with one attached hydrogen (secondary N) is 2. The molecule has 0 aliphatic carbocycles. The van der Waals surface area contributed by atoms with Crippen molar-refractivity contribution in [2.75, 3.05) is 33.9 Å². The van der Waals surface area contributed by atoms with Crippen LogP contribution in [0.4, 0.5) is 0 Å². The van der Waals surface area contributed by atoms with Crippen molar-refractivity contribution in [3.8, 4) is 5.75 Å². The fraction of sp³-hybridized carbons (Fsp3) is 0.353. The van der Waals surface area contributed by atoms with E-state index in [4.69, 9.17) is 9.47 Å². The largest absolute Gasteiger partial charge is 0.495 e. The highest BCUT2D eigenvalue weighted by atomic mass is 32.2. The highest BCUT2D eigenvalue weighted by Gasteiger charge is 2.21. The molecule has 2 aromatic rings. The first-order valence-electron chi connectivity index (χ1n) is 7.95. The van der Waals surface area contributed by atoms with E-state index in [-0.39, 0.29) is 35.3 Å². The molecule has 9 heteroatoms. The Morgan fingerprint density at radius 1 is 1.19 bits per heavy atom. The van der Waals surface area contributed by atoms with Crippen molar-refractivity contribution < 1.29 is 22.7 Å². The number of sulfonamides is 1. The van der Waals surface area contributed by atoms with Gasteiger partial charge in [0, 0.05) is 30.6 Å². The third-order valence-corrected chi connectivity index (χ3v) is 5.97. The molecule has 0 saturated carbocycles. The lowest BCUT2D eigenvalue weighted by Crippen LogP contribution is -2.29. The molecule has 0 radical (unpaired) electrons. The number of amides is 1. The molecule has 1 aromatic carbocycles. The van der Waals surface area contributed by atoms with Crippen molar-refractivity contribution in [3.05, 3.63) is 46.2 Å². The first-order chi connectivity index (χ1) is 12.5. The topological polar surface area (TPSA) is 93.7 Å². The van der Waals surface area contributed by atoms with Crippen LogP contribution in [0.2, 0.25) is 0 Å². The second-order valence-electron chi connectivity index (χ2n) is 5.34. The summed E-state index contributed by atoms with van der Waals surface area (Å²) in [5.74, 6) is -0.164. The number of hydrogen-bond donors (Lipinski definition) is 2. The van der Waals surface area contributed by atoms with E-state index in [9.17, 15) is 13.2 Å². The zero-order chi connectivity index (χ0) is 19.0. The van der Waals surface area contributed by atoms with Crippen LogP contribution in [0, 0.1) is 0 Å². The van der Waals surface area contributed by atoms with E-state index in [1.165, 1.54) is 37.3 Å². The molecule has 0 atom stereocenters. The molecule has 0 aliphatic rings. The Morgan fingerprint density at radius 3 is 2.65 bits per heavy atom. The second kappa shape index (κ2) is 9.67. The summed E-state index contributed by atoms with van der Waals surface area (Å²) in [7, 11) is -0.959. The number of rotatable bonds is 10. The van der Waals surface area contributed by atoms with Crippen LogP contribution in [0.3, 0.4) is 0 Å². The number of thiophene rings is 1. The van der Waals surface area contributed by atoms with Gasteiger partial charge in [-0.3, -0.25) is 4.79 Å². The van der Waals surface area contributed by atoms with E-state index < -0.39 is 10.0 Å². The molecule has 2 N–H and O–H groups in total. The smallest absolute Gasteiger partial charge is 0.251 e. The average Bonchev–Trinajstić information content (AvgIpc) is 3.14. The standard InChI is InChI=1S/C17H22N2O5S2/c1-23-10-9-19-26(21,22)16-12-13(5-6-15(16)24-2)17(20)18-8-7-14-4-3-11-25-14/h3-6,11-12,19H,7-10H2,1-2H3,(H,18,20). The van der Waals surface area contributed by atoms with E-state index in [2.05, 4.69) is 10.0 Å². The van der Waals surface area contributed by atoms with Crippen molar-refractivity contribution in [3.63, 3.8) is 0 Å². The zero-order valence-corrected chi connectivity index (χ0v) is 16.3. The van der Waals surface area contributed by atoms with E-state index in [1.54, 1.807) is 11.3 Å². The van der Waals surface area contributed by atoms with Crippen molar-refractivity contribution in [2.24, 2.45) is 0 Å². The van der Waals surface area contributed by atoms with Crippen LogP contribution in [0.5, 0.6) is 5.75 Å². The molecule has 0 saturated heterocycles. The summed E-state index contributed by atoms with van der Waals surface area (Å²) >= 11 is 1.62. The normalized spacial score (nSPS) is 11.3. The molecule has 0 unspecified atom stereocenters. The summed E-state index contributed by atoms with van der Waals surface area (Å²) in [6.45, 7) is 0.837. The predicted molar refractivity (Wildman–Crippen MR) is 100 cm³/mol. The molecule has 0 aliphatic heterocycles. The maximum absolute atomic E-state index is 12.5. The first kappa shape index (κ1) is 20.4. The van der Waals surface area contributed by atoms with Gasteiger partial charge in [-0.1, -0.05) is 6.07 Å². The van der Waals surface area contributed by atoms with Gasteiger partial charge in [-0.05, 0) is 36.1 Å². The van der Waals surface area contributed by atoms with Crippen LogP contribution in [0.1, 0.15) is 15.2 Å². The quantitative estimate of drug-likeness (QED) is 0.594. The summed E-state index contributed by atoms with van der Waals surface area (Å²) in [5.41, 5.74) is 0.254. The minimum atomic E-state index is -3.82. The molecule has 0 fully saturated rings. The van der Waals surface area contributed by atoms with Gasteiger partial charge < -0.3 is 14.8 Å². The van der Waals surface area contributed by atoms with Gasteiger partial charge in [-0.15, -0.1) is 11.3 Å². The fourth-order valence-corrected chi connectivity index (χ4v) is 4.15. The van der Waals surface area contributed by atoms with Gasteiger partial charge in [0.15, 0.2) is 0 Å². The number of carbonyl (C=O) groups excluding carboxylic acids is 1. The van der Waals surface area contributed by atoms with Gasteiger partial charge in [0.25, 0.3) is 5.91 Å². The van der Waals surface area contributed by atoms with Gasteiger partial charge in [-0.25, -0.2) is 13.1 Å². The summed E-state index contributed by atoms with van der Waals surface area (Å²) in [6.07, 6.45) is 0.725. The fourth-order valence-electron chi connectivity index (χ4n) is 2.24. The molecule has 0 spiro atoms. The maximum atomic E-state index is 12.5. The number of ether oxygens (including phenoxy) is 2. The van der Waals surface area contributed by atoms with E-state index in [0.29, 0.717) is 6.54 Å². The van der Waals surface area contributed by atoms with Crippen molar-refractivity contribution in [2.45, 2.75) is 11.3 Å². The summed E-state index contributed by atoms with van der Waals surface area (Å²) in [6, 6.07) is 8.28. The Labute approximate surface area is 157 Å². The first-order valence-corrected chi connectivity index (χ1v) is 10.3. The summed E-state index contributed by atoms with van der Waals surface area (Å²) in [5, 5.41) is 4.78. The second-order valence-corrected chi connectivity index (χ2v) is 8.11. The molecular formula is C17H22N2O5S2. The Balaban J connectivity index is 2.10. The number of benzene rings is 1. The Hall–Kier alpha value is -1.94. The van der Waals surface area contributed by atoms with Gasteiger partial charge >= 0.3 is 0 Å². The Bertz CT molecular complexity index is 820. The third kappa shape index (κ3) is 5.53. The molecule has 2 rings (SSSR count). The van der Waals surface area contributed by atoms with Crippen LogP contribution in [-0.2, 0) is 21.2 Å². The average molecular weight is 399 g/mol. The molecule has 0 bridgehead atoms. The lowest BCUT2D eigenvalue weighted by molar-refractivity contribution is 0.0954. The predicted octanol–water partition coefficient (Wildman–Crippen LogP) is 1.65. The molecule has 1 amide bonds. The SMILES string of the molecule is COCCNS(=O)(=O)c1cc(C(=O)NCCc2cccs2)ccc1OC. The summed E-state index contributed by atoms with van der Waals surface area (Å²) in [4.78, 5) is 13.4. The van der Waals surface area contributed by atoms with Crippen LogP contribution in [-0.4, -0.2) is 48.2 Å². The van der Waals surface area contributed by atoms with E-state index in [0.717, 1.165) is 6.42 Å². The van der Waals surface area contributed by atoms with Crippen molar-refractivity contribution in [1.29, 1.82) is 0 Å². The molecule has 26 heavy (non-hydrogen) atoms. The lowest BCUT2D eigenvalue weighted by Gasteiger charge is -2.12. The minimum absolute atomic E-state index is 0.0815. The van der Waals surface area contributed by atoms with Crippen molar-refractivity contribution in [1.82, 2.24) is 10.0 Å². The molecular weight excluding hydrogens is 376 g/mol. The lowest BCUT2D eigenvalue weighted by atomic mass is 10.2. The number of hydrogen-bond acceptors (Lipinski definition) is 6. The summed E-state index contributed by atoms with van der Waals surface area (Å²) < 4.78 is 37.3. The van der Waals surface area contributed by atoms with Gasteiger partial charge in [0.05, 0.1) is 13.7 Å².